The van der Waals surface area contributed by atoms with E-state index in [1.54, 1.807) is 0 Å². The fraction of sp³-hybridized carbons (Fsp3) is 0.700. The molecule has 68 valence electrons. The summed E-state index contributed by atoms with van der Waals surface area (Å²) in [6, 6.07) is 0. The van der Waals surface area contributed by atoms with Crippen molar-refractivity contribution in [2.45, 2.75) is 39.2 Å². The Kier molecular flexibility index (Phi) is 2.38. The van der Waals surface area contributed by atoms with Gasteiger partial charge in [0.25, 0.3) is 0 Å². The van der Waals surface area contributed by atoms with E-state index in [0.29, 0.717) is 19.3 Å². The van der Waals surface area contributed by atoms with E-state index >= 15 is 0 Å². The molecule has 0 aliphatic heterocycles. The van der Waals surface area contributed by atoms with E-state index < -0.39 is 11.5 Å². The number of hydrogen-bond acceptors (Lipinski definition) is 2. The van der Waals surface area contributed by atoms with Crippen molar-refractivity contribution in [2.24, 2.45) is 5.41 Å². The van der Waals surface area contributed by atoms with Crippen LogP contribution in [0.15, 0.2) is 12.2 Å². The van der Waals surface area contributed by atoms with Crippen LogP contribution >= 0.6 is 0 Å². The lowest BCUT2D eigenvalue weighted by atomic mass is 9.80. The molecule has 1 fully saturated rings. The molecule has 1 N–H and O–H groups in total. The highest BCUT2D eigenvalue weighted by Crippen LogP contribution is 2.39. The molecule has 0 saturated heterocycles. The predicted molar refractivity (Wildman–Crippen MR) is 47.8 cm³/mol. The molecule has 0 aromatic carbocycles. The van der Waals surface area contributed by atoms with Crippen LogP contribution in [0, 0.1) is 5.41 Å². The molecule has 0 aromatic heterocycles. The highest BCUT2D eigenvalue weighted by molar-refractivity contribution is 5.87. The van der Waals surface area contributed by atoms with E-state index in [9.17, 15) is 9.90 Å². The van der Waals surface area contributed by atoms with Gasteiger partial charge in [0.1, 0.15) is 5.78 Å². The van der Waals surface area contributed by atoms with Gasteiger partial charge in [0.05, 0.1) is 11.5 Å². The minimum Gasteiger partial charge on any atom is -0.392 e. The van der Waals surface area contributed by atoms with Gasteiger partial charge in [-0.3, -0.25) is 4.79 Å². The fourth-order valence-corrected chi connectivity index (χ4v) is 1.90. The molecule has 2 nitrogen and oxygen atoms in total. The molecule has 2 atom stereocenters. The summed E-state index contributed by atoms with van der Waals surface area (Å²) in [7, 11) is 0. The third kappa shape index (κ3) is 1.44. The van der Waals surface area contributed by atoms with E-state index in [2.05, 4.69) is 6.58 Å². The zero-order valence-corrected chi connectivity index (χ0v) is 7.76. The Labute approximate surface area is 73.3 Å². The Bertz CT molecular complexity index is 220. The van der Waals surface area contributed by atoms with Gasteiger partial charge in [-0.2, -0.15) is 0 Å². The Hall–Kier alpha value is -0.630. The minimum absolute atomic E-state index is 0.179. The lowest BCUT2D eigenvalue weighted by Crippen LogP contribution is -2.32. The summed E-state index contributed by atoms with van der Waals surface area (Å²) < 4.78 is 0. The van der Waals surface area contributed by atoms with Gasteiger partial charge in [-0.15, -0.1) is 6.58 Å². The summed E-state index contributed by atoms with van der Waals surface area (Å²) >= 11 is 0. The predicted octanol–water partition coefficient (Wildman–Crippen LogP) is 1.68. The number of rotatable bonds is 2. The molecule has 0 unspecified atom stereocenters. The molecule has 0 bridgehead atoms. The Morgan fingerprint density at radius 1 is 1.83 bits per heavy atom. The zero-order valence-electron chi connectivity index (χ0n) is 7.76. The first-order chi connectivity index (χ1) is 5.47. The summed E-state index contributed by atoms with van der Waals surface area (Å²) in [5.41, 5.74) is 0.415. The first kappa shape index (κ1) is 9.46. The number of hydrogen-bond donors (Lipinski definition) is 1. The maximum atomic E-state index is 11.4. The molecule has 1 saturated carbocycles. The van der Waals surface area contributed by atoms with Crippen molar-refractivity contribution in [1.29, 1.82) is 0 Å². The Morgan fingerprint density at radius 2 is 2.42 bits per heavy atom. The summed E-state index contributed by atoms with van der Waals surface area (Å²) in [5.74, 6) is 0.179. The van der Waals surface area contributed by atoms with Gasteiger partial charge < -0.3 is 5.11 Å². The van der Waals surface area contributed by atoms with E-state index in [-0.39, 0.29) is 5.78 Å². The first-order valence-electron chi connectivity index (χ1n) is 4.32. The number of aliphatic hydroxyl groups excluding tert-OH is 1. The fourth-order valence-electron chi connectivity index (χ4n) is 1.90. The van der Waals surface area contributed by atoms with Crippen LogP contribution in [0.4, 0.5) is 0 Å². The van der Waals surface area contributed by atoms with Gasteiger partial charge in [-0.05, 0) is 26.7 Å². The van der Waals surface area contributed by atoms with Gasteiger partial charge in [-0.1, -0.05) is 5.57 Å². The number of carbonyl (C=O) groups excluding carboxylic acids is 1. The highest BCUT2D eigenvalue weighted by Gasteiger charge is 2.44. The zero-order chi connectivity index (χ0) is 9.35. The summed E-state index contributed by atoms with van der Waals surface area (Å²) in [6.45, 7) is 7.50. The van der Waals surface area contributed by atoms with E-state index in [4.69, 9.17) is 0 Å². The minimum atomic E-state index is -0.550. The lowest BCUT2D eigenvalue weighted by Gasteiger charge is -2.26. The number of carbonyl (C=O) groups is 1. The van der Waals surface area contributed by atoms with Crippen LogP contribution in [-0.4, -0.2) is 17.0 Å². The van der Waals surface area contributed by atoms with E-state index in [1.807, 2.05) is 13.8 Å². The third-order valence-electron chi connectivity index (χ3n) is 2.69. The number of allylic oxidation sites excluding steroid dienone is 1. The maximum absolute atomic E-state index is 11.4. The van der Waals surface area contributed by atoms with Crippen molar-refractivity contribution in [3.05, 3.63) is 12.2 Å². The summed E-state index contributed by atoms with van der Waals surface area (Å²) in [6.07, 6.45) is 1.28. The van der Waals surface area contributed by atoms with Crippen molar-refractivity contribution in [3.63, 3.8) is 0 Å². The van der Waals surface area contributed by atoms with Crippen LogP contribution in [-0.2, 0) is 4.79 Å². The molecule has 0 amide bonds. The third-order valence-corrected chi connectivity index (χ3v) is 2.69. The second-order valence-corrected chi connectivity index (χ2v) is 4.03. The average Bonchev–Trinajstić information content (AvgIpc) is 2.16. The van der Waals surface area contributed by atoms with Crippen molar-refractivity contribution < 1.29 is 9.90 Å². The standard InChI is InChI=1S/C10H16O2/c1-7(2)6-10(3)8(11)4-5-9(10)12/h8,11H,1,4-6H2,2-3H3/t8-,10+/m1/s1. The van der Waals surface area contributed by atoms with Crippen molar-refractivity contribution in [1.82, 2.24) is 0 Å². The van der Waals surface area contributed by atoms with Crippen LogP contribution in [0.2, 0.25) is 0 Å². The van der Waals surface area contributed by atoms with E-state index in [0.717, 1.165) is 5.57 Å². The van der Waals surface area contributed by atoms with Crippen molar-refractivity contribution >= 4 is 5.78 Å². The first-order valence-corrected chi connectivity index (χ1v) is 4.32. The average molecular weight is 168 g/mol. The van der Waals surface area contributed by atoms with Gasteiger partial charge in [0.2, 0.25) is 0 Å². The molecule has 1 aliphatic rings. The molecule has 0 aromatic rings. The monoisotopic (exact) mass is 168 g/mol. The van der Waals surface area contributed by atoms with Crippen LogP contribution in [0.3, 0.4) is 0 Å². The molecule has 0 spiro atoms. The normalized spacial score (nSPS) is 35.6. The Morgan fingerprint density at radius 3 is 2.75 bits per heavy atom. The van der Waals surface area contributed by atoms with Crippen LogP contribution in [0.5, 0.6) is 0 Å². The van der Waals surface area contributed by atoms with Crippen molar-refractivity contribution in [2.75, 3.05) is 0 Å². The highest BCUT2D eigenvalue weighted by atomic mass is 16.3. The van der Waals surface area contributed by atoms with Gasteiger partial charge in [-0.25, -0.2) is 0 Å². The van der Waals surface area contributed by atoms with Gasteiger partial charge >= 0.3 is 0 Å². The smallest absolute Gasteiger partial charge is 0.141 e. The van der Waals surface area contributed by atoms with Crippen LogP contribution < -0.4 is 0 Å². The molecule has 0 radical (unpaired) electrons. The second kappa shape index (κ2) is 3.02. The SMILES string of the molecule is C=C(C)C[C@]1(C)C(=O)CC[C@H]1O. The molecule has 12 heavy (non-hydrogen) atoms. The summed E-state index contributed by atoms with van der Waals surface area (Å²) in [5, 5.41) is 9.61. The Balaban J connectivity index is 2.79. The summed E-state index contributed by atoms with van der Waals surface area (Å²) in [4.78, 5) is 11.4. The molecular formula is C10H16O2. The molecule has 0 heterocycles. The quantitative estimate of drug-likeness (QED) is 0.637. The van der Waals surface area contributed by atoms with Gasteiger partial charge in [0, 0.05) is 6.42 Å². The largest absolute Gasteiger partial charge is 0.392 e. The molecular weight excluding hydrogens is 152 g/mol. The lowest BCUT2D eigenvalue weighted by molar-refractivity contribution is -0.127. The number of Topliss-reactive ketones (excluding diaryl/α,β-unsaturated/α-hetero) is 1. The molecule has 1 rings (SSSR count). The maximum Gasteiger partial charge on any atom is 0.141 e. The van der Waals surface area contributed by atoms with E-state index in [1.165, 1.54) is 0 Å². The van der Waals surface area contributed by atoms with Crippen LogP contribution in [0.1, 0.15) is 33.1 Å². The van der Waals surface area contributed by atoms with Crippen molar-refractivity contribution in [3.8, 4) is 0 Å². The van der Waals surface area contributed by atoms with Crippen LogP contribution in [0.25, 0.3) is 0 Å². The molecule has 1 aliphatic carbocycles. The number of ketones is 1. The second-order valence-electron chi connectivity index (χ2n) is 4.03. The molecule has 2 heteroatoms. The van der Waals surface area contributed by atoms with Gasteiger partial charge in [0.15, 0.2) is 0 Å². The topological polar surface area (TPSA) is 37.3 Å². The number of aliphatic hydroxyl groups is 1.